The first-order chi connectivity index (χ1) is 20.6. The van der Waals surface area contributed by atoms with Gasteiger partial charge in [-0.2, -0.15) is 0 Å². The summed E-state index contributed by atoms with van der Waals surface area (Å²) in [6, 6.07) is 16.6. The Morgan fingerprint density at radius 2 is 1.14 bits per heavy atom. The molecule has 1 nitrogen and oxygen atoms in total. The molecule has 2 rings (SSSR count). The fraction of sp³-hybridized carbons (Fsp3) is 0.625. The van der Waals surface area contributed by atoms with Gasteiger partial charge in [0, 0.05) is 5.56 Å². The van der Waals surface area contributed by atoms with E-state index in [1.54, 1.807) is 6.07 Å². The second-order valence-corrected chi connectivity index (χ2v) is 12.9. The minimum absolute atomic E-state index is 0.283. The highest BCUT2D eigenvalue weighted by Gasteiger charge is 2.20. The van der Waals surface area contributed by atoms with Gasteiger partial charge in [0.1, 0.15) is 5.75 Å². The average Bonchev–Trinajstić information content (AvgIpc) is 3.01. The summed E-state index contributed by atoms with van der Waals surface area (Å²) in [6.07, 6.45) is 30.2. The second-order valence-electron chi connectivity index (χ2n) is 12.5. The van der Waals surface area contributed by atoms with Gasteiger partial charge in [-0.15, -0.1) is 0 Å². The van der Waals surface area contributed by atoms with Crippen molar-refractivity contribution in [1.82, 2.24) is 0 Å². The SMILES string of the molecule is CCCCCCCCCCCCCCCCCC(CCC)C(=Cc1ccc(CCCC)cc1)C(=S)c1ccccc1O. The largest absolute Gasteiger partial charge is 0.507 e. The van der Waals surface area contributed by atoms with Crippen LogP contribution in [0.4, 0.5) is 0 Å². The Labute approximate surface area is 265 Å². The molecule has 234 valence electrons. The van der Waals surface area contributed by atoms with E-state index >= 15 is 0 Å². The van der Waals surface area contributed by atoms with Gasteiger partial charge in [0.25, 0.3) is 0 Å². The molecular formula is C40H62OS. The monoisotopic (exact) mass is 590 g/mol. The highest BCUT2D eigenvalue weighted by Crippen LogP contribution is 2.32. The van der Waals surface area contributed by atoms with Gasteiger partial charge in [-0.25, -0.2) is 0 Å². The van der Waals surface area contributed by atoms with Crippen molar-refractivity contribution in [3.8, 4) is 5.75 Å². The van der Waals surface area contributed by atoms with Gasteiger partial charge >= 0.3 is 0 Å². The lowest BCUT2D eigenvalue weighted by Crippen LogP contribution is -2.13. The molecule has 0 saturated heterocycles. The van der Waals surface area contributed by atoms with E-state index in [0.717, 1.165) is 29.7 Å². The molecule has 0 fully saturated rings. The molecule has 0 aromatic heterocycles. The number of hydrogen-bond acceptors (Lipinski definition) is 2. The molecule has 0 aliphatic rings. The fourth-order valence-electron chi connectivity index (χ4n) is 6.10. The van der Waals surface area contributed by atoms with Crippen LogP contribution >= 0.6 is 12.2 Å². The van der Waals surface area contributed by atoms with E-state index in [-0.39, 0.29) is 5.75 Å². The quantitative estimate of drug-likeness (QED) is 0.0537. The van der Waals surface area contributed by atoms with Gasteiger partial charge in [-0.3, -0.25) is 0 Å². The summed E-state index contributed by atoms with van der Waals surface area (Å²) in [5.74, 6) is 0.703. The van der Waals surface area contributed by atoms with Crippen LogP contribution in [0, 0.1) is 5.92 Å². The number of para-hydroxylation sites is 1. The molecule has 0 aliphatic heterocycles. The van der Waals surface area contributed by atoms with E-state index in [0.29, 0.717) is 5.92 Å². The van der Waals surface area contributed by atoms with Crippen LogP contribution in [0.25, 0.3) is 6.08 Å². The van der Waals surface area contributed by atoms with Crippen molar-refractivity contribution in [3.63, 3.8) is 0 Å². The Morgan fingerprint density at radius 3 is 1.67 bits per heavy atom. The van der Waals surface area contributed by atoms with Gasteiger partial charge in [-0.1, -0.05) is 185 Å². The number of thiocarbonyl (C=S) groups is 1. The molecule has 0 spiro atoms. The number of phenols is 1. The molecule has 0 amide bonds. The van der Waals surface area contributed by atoms with Crippen molar-refractivity contribution in [2.75, 3.05) is 0 Å². The number of aryl methyl sites for hydroxylation is 1. The molecule has 0 saturated carbocycles. The Balaban J connectivity index is 1.87. The van der Waals surface area contributed by atoms with E-state index in [4.69, 9.17) is 12.2 Å². The number of unbranched alkanes of at least 4 members (excludes halogenated alkanes) is 15. The molecule has 2 aromatic carbocycles. The molecule has 1 N–H and O–H groups in total. The van der Waals surface area contributed by atoms with Crippen molar-refractivity contribution in [2.24, 2.45) is 5.92 Å². The molecular weight excluding hydrogens is 529 g/mol. The lowest BCUT2D eigenvalue weighted by Gasteiger charge is -2.22. The maximum atomic E-state index is 10.6. The summed E-state index contributed by atoms with van der Waals surface area (Å²) in [7, 11) is 0. The first-order valence-corrected chi connectivity index (χ1v) is 18.1. The second kappa shape index (κ2) is 23.5. The van der Waals surface area contributed by atoms with Crippen LogP contribution in [0.1, 0.15) is 166 Å². The van der Waals surface area contributed by atoms with Crippen LogP contribution in [0.5, 0.6) is 5.75 Å². The smallest absolute Gasteiger partial charge is 0.124 e. The average molecular weight is 591 g/mol. The predicted octanol–water partition coefficient (Wildman–Crippen LogP) is 13.2. The van der Waals surface area contributed by atoms with E-state index in [9.17, 15) is 5.11 Å². The highest BCUT2D eigenvalue weighted by atomic mass is 32.1. The van der Waals surface area contributed by atoms with Gasteiger partial charge in [0.15, 0.2) is 0 Å². The number of aromatic hydroxyl groups is 1. The highest BCUT2D eigenvalue weighted by molar-refractivity contribution is 7.81. The summed E-state index contributed by atoms with van der Waals surface area (Å²) in [5, 5.41) is 10.6. The maximum Gasteiger partial charge on any atom is 0.124 e. The van der Waals surface area contributed by atoms with Crippen LogP contribution in [0.15, 0.2) is 54.1 Å². The van der Waals surface area contributed by atoms with Crippen LogP contribution in [-0.4, -0.2) is 9.97 Å². The number of phenolic OH excluding ortho intramolecular Hbond substituents is 1. The van der Waals surface area contributed by atoms with Crippen molar-refractivity contribution < 1.29 is 5.11 Å². The maximum absolute atomic E-state index is 10.6. The summed E-state index contributed by atoms with van der Waals surface area (Å²) in [5.41, 5.74) is 4.62. The molecule has 42 heavy (non-hydrogen) atoms. The fourth-order valence-corrected chi connectivity index (χ4v) is 6.49. The van der Waals surface area contributed by atoms with Crippen molar-refractivity contribution in [2.45, 2.75) is 156 Å². The third kappa shape index (κ3) is 15.0. The molecule has 0 aliphatic carbocycles. The van der Waals surface area contributed by atoms with Gasteiger partial charge in [0.2, 0.25) is 0 Å². The number of hydrogen-bond donors (Lipinski definition) is 1. The van der Waals surface area contributed by atoms with Crippen LogP contribution in [-0.2, 0) is 6.42 Å². The minimum Gasteiger partial charge on any atom is -0.507 e. The minimum atomic E-state index is 0.283. The van der Waals surface area contributed by atoms with Crippen LogP contribution in [0.3, 0.4) is 0 Å². The predicted molar refractivity (Wildman–Crippen MR) is 191 cm³/mol. The number of benzene rings is 2. The third-order valence-electron chi connectivity index (χ3n) is 8.76. The lowest BCUT2D eigenvalue weighted by atomic mass is 9.84. The topological polar surface area (TPSA) is 20.2 Å². The molecule has 2 heteroatoms. The van der Waals surface area contributed by atoms with Crippen molar-refractivity contribution in [3.05, 3.63) is 70.8 Å². The first-order valence-electron chi connectivity index (χ1n) is 17.7. The zero-order chi connectivity index (χ0) is 30.3. The normalized spacial score (nSPS) is 12.5. The molecule has 2 aromatic rings. The zero-order valence-corrected chi connectivity index (χ0v) is 28.3. The van der Waals surface area contributed by atoms with Crippen molar-refractivity contribution in [1.29, 1.82) is 0 Å². The zero-order valence-electron chi connectivity index (χ0n) is 27.5. The molecule has 0 bridgehead atoms. The Bertz CT molecular complexity index is 989. The number of rotatable bonds is 25. The first kappa shape index (κ1) is 36.3. The number of allylic oxidation sites excluding steroid dienone is 1. The molecule has 1 unspecified atom stereocenters. The third-order valence-corrected chi connectivity index (χ3v) is 9.22. The van der Waals surface area contributed by atoms with Gasteiger partial charge < -0.3 is 5.11 Å². The van der Waals surface area contributed by atoms with E-state index in [2.05, 4.69) is 51.1 Å². The summed E-state index contributed by atoms with van der Waals surface area (Å²) >= 11 is 6.08. The van der Waals surface area contributed by atoms with E-state index in [1.165, 1.54) is 132 Å². The Hall–Kier alpha value is -1.93. The Morgan fingerprint density at radius 1 is 0.619 bits per heavy atom. The van der Waals surface area contributed by atoms with E-state index in [1.807, 2.05) is 18.2 Å². The Kier molecular flexibility index (Phi) is 20.3. The summed E-state index contributed by atoms with van der Waals surface area (Å²) in [6.45, 7) is 6.82. The van der Waals surface area contributed by atoms with Crippen LogP contribution in [0.2, 0.25) is 0 Å². The van der Waals surface area contributed by atoms with Gasteiger partial charge in [-0.05, 0) is 60.4 Å². The standard InChI is InChI=1S/C40H62OS/c1-4-7-9-10-11-12-13-14-15-16-17-18-19-20-21-26-36(24-6-3)38(40(42)37-27-22-23-28-39(37)41)33-35-31-29-34(30-32-35)25-8-5-2/h22-23,27-33,36,41H,4-21,24-26H2,1-3H3. The molecule has 0 heterocycles. The summed E-state index contributed by atoms with van der Waals surface area (Å²) < 4.78 is 0. The molecule has 1 atom stereocenters. The summed E-state index contributed by atoms with van der Waals surface area (Å²) in [4.78, 5) is 0.808. The lowest BCUT2D eigenvalue weighted by molar-refractivity contribution is 0.472. The van der Waals surface area contributed by atoms with Crippen LogP contribution < -0.4 is 0 Å². The van der Waals surface area contributed by atoms with Crippen molar-refractivity contribution >= 4 is 23.2 Å². The molecule has 0 radical (unpaired) electrons. The van der Waals surface area contributed by atoms with E-state index < -0.39 is 0 Å². The van der Waals surface area contributed by atoms with Gasteiger partial charge in [0.05, 0.1) is 4.86 Å².